The van der Waals surface area contributed by atoms with Crippen molar-refractivity contribution in [1.82, 2.24) is 0 Å². The SMILES string of the molecule is CCOC(=O)C1(Nc2ccccc2)CCC(C)CC1C. The first-order valence-corrected chi connectivity index (χ1v) is 7.59. The zero-order valence-electron chi connectivity index (χ0n) is 12.7. The average molecular weight is 275 g/mol. The van der Waals surface area contributed by atoms with Crippen LogP contribution >= 0.6 is 0 Å². The third kappa shape index (κ3) is 2.97. The average Bonchev–Trinajstić information content (AvgIpc) is 2.43. The minimum Gasteiger partial charge on any atom is -0.464 e. The summed E-state index contributed by atoms with van der Waals surface area (Å²) in [4.78, 5) is 12.6. The second kappa shape index (κ2) is 6.29. The number of carbonyl (C=O) groups is 1. The van der Waals surface area contributed by atoms with Crippen LogP contribution in [0.2, 0.25) is 0 Å². The zero-order valence-corrected chi connectivity index (χ0v) is 12.7. The molecular weight excluding hydrogens is 250 g/mol. The van der Waals surface area contributed by atoms with Crippen molar-refractivity contribution in [1.29, 1.82) is 0 Å². The van der Waals surface area contributed by atoms with Crippen LogP contribution in [0.15, 0.2) is 30.3 Å². The standard InChI is InChI=1S/C17H25NO2/c1-4-20-16(19)17(11-10-13(2)12-14(17)3)18-15-8-6-5-7-9-15/h5-9,13-14,18H,4,10-12H2,1-3H3. The summed E-state index contributed by atoms with van der Waals surface area (Å²) in [5.41, 5.74) is 0.408. The van der Waals surface area contributed by atoms with E-state index in [2.05, 4.69) is 19.2 Å². The fourth-order valence-corrected chi connectivity index (χ4v) is 3.22. The molecule has 3 nitrogen and oxygen atoms in total. The first kappa shape index (κ1) is 14.9. The lowest BCUT2D eigenvalue weighted by Crippen LogP contribution is -2.55. The third-order valence-corrected chi connectivity index (χ3v) is 4.41. The van der Waals surface area contributed by atoms with E-state index in [0.29, 0.717) is 12.5 Å². The van der Waals surface area contributed by atoms with Gasteiger partial charge in [-0.25, -0.2) is 4.79 Å². The number of esters is 1. The van der Waals surface area contributed by atoms with Crippen LogP contribution in [0, 0.1) is 11.8 Å². The Hall–Kier alpha value is -1.51. The summed E-state index contributed by atoms with van der Waals surface area (Å²) in [5.74, 6) is 0.832. The van der Waals surface area contributed by atoms with Gasteiger partial charge in [0.2, 0.25) is 0 Å². The lowest BCUT2D eigenvalue weighted by Gasteiger charge is -2.43. The topological polar surface area (TPSA) is 38.3 Å². The molecule has 1 aromatic rings. The van der Waals surface area contributed by atoms with Gasteiger partial charge in [-0.15, -0.1) is 0 Å². The third-order valence-electron chi connectivity index (χ3n) is 4.41. The van der Waals surface area contributed by atoms with Crippen LogP contribution in [0.25, 0.3) is 0 Å². The monoisotopic (exact) mass is 275 g/mol. The van der Waals surface area contributed by atoms with E-state index < -0.39 is 5.54 Å². The number of benzene rings is 1. The molecule has 0 radical (unpaired) electrons. The van der Waals surface area contributed by atoms with Crippen molar-refractivity contribution in [2.24, 2.45) is 11.8 Å². The number of hydrogen-bond donors (Lipinski definition) is 1. The molecule has 1 fully saturated rings. The normalized spacial score (nSPS) is 29.8. The van der Waals surface area contributed by atoms with Crippen LogP contribution in [0.4, 0.5) is 5.69 Å². The van der Waals surface area contributed by atoms with Crippen LogP contribution in [0.3, 0.4) is 0 Å². The second-order valence-corrected chi connectivity index (χ2v) is 5.96. The number of nitrogens with one attached hydrogen (secondary N) is 1. The van der Waals surface area contributed by atoms with Gasteiger partial charge < -0.3 is 10.1 Å². The van der Waals surface area contributed by atoms with Crippen LogP contribution in [-0.4, -0.2) is 18.1 Å². The van der Waals surface area contributed by atoms with Crippen LogP contribution in [-0.2, 0) is 9.53 Å². The number of para-hydroxylation sites is 1. The number of ether oxygens (including phenoxy) is 1. The van der Waals surface area contributed by atoms with E-state index >= 15 is 0 Å². The molecular formula is C17H25NO2. The summed E-state index contributed by atoms with van der Waals surface area (Å²) >= 11 is 0. The van der Waals surface area contributed by atoms with E-state index in [1.165, 1.54) is 0 Å². The Morgan fingerprint density at radius 2 is 2.05 bits per heavy atom. The van der Waals surface area contributed by atoms with Crippen molar-refractivity contribution < 1.29 is 9.53 Å². The van der Waals surface area contributed by atoms with Gasteiger partial charge in [-0.3, -0.25) is 0 Å². The first-order valence-electron chi connectivity index (χ1n) is 7.59. The highest BCUT2D eigenvalue weighted by atomic mass is 16.5. The Bertz CT molecular complexity index is 446. The van der Waals surface area contributed by atoms with Crippen molar-refractivity contribution in [2.45, 2.75) is 45.6 Å². The summed E-state index contributed by atoms with van der Waals surface area (Å²) in [6.07, 6.45) is 2.95. The van der Waals surface area contributed by atoms with Crippen molar-refractivity contribution in [2.75, 3.05) is 11.9 Å². The molecule has 110 valence electrons. The predicted molar refractivity (Wildman–Crippen MR) is 81.6 cm³/mol. The molecule has 20 heavy (non-hydrogen) atoms. The second-order valence-electron chi connectivity index (χ2n) is 5.96. The Morgan fingerprint density at radius 1 is 1.35 bits per heavy atom. The summed E-state index contributed by atoms with van der Waals surface area (Å²) in [6, 6.07) is 9.96. The summed E-state index contributed by atoms with van der Waals surface area (Å²) in [7, 11) is 0. The smallest absolute Gasteiger partial charge is 0.332 e. The fraction of sp³-hybridized carbons (Fsp3) is 0.588. The minimum absolute atomic E-state index is 0.108. The summed E-state index contributed by atoms with van der Waals surface area (Å²) in [6.45, 7) is 6.71. The van der Waals surface area contributed by atoms with Crippen LogP contribution < -0.4 is 5.32 Å². The van der Waals surface area contributed by atoms with E-state index in [4.69, 9.17) is 4.74 Å². The molecule has 0 spiro atoms. The molecule has 0 saturated heterocycles. The lowest BCUT2D eigenvalue weighted by molar-refractivity contribution is -0.152. The number of anilines is 1. The molecule has 0 aromatic heterocycles. The zero-order chi connectivity index (χ0) is 14.6. The maximum Gasteiger partial charge on any atom is 0.332 e. The van der Waals surface area contributed by atoms with E-state index in [0.717, 1.165) is 24.9 Å². The van der Waals surface area contributed by atoms with E-state index in [9.17, 15) is 4.79 Å². The van der Waals surface area contributed by atoms with Gasteiger partial charge >= 0.3 is 5.97 Å². The van der Waals surface area contributed by atoms with Gasteiger partial charge in [-0.2, -0.15) is 0 Å². The molecule has 0 amide bonds. The number of hydrogen-bond acceptors (Lipinski definition) is 3. The molecule has 1 N–H and O–H groups in total. The minimum atomic E-state index is -0.579. The Balaban J connectivity index is 2.26. The van der Waals surface area contributed by atoms with Gasteiger partial charge in [-0.1, -0.05) is 32.0 Å². The van der Waals surface area contributed by atoms with E-state index in [1.54, 1.807) is 0 Å². The van der Waals surface area contributed by atoms with Gasteiger partial charge in [-0.05, 0) is 50.2 Å². The fourth-order valence-electron chi connectivity index (χ4n) is 3.22. The first-order chi connectivity index (χ1) is 9.58. The van der Waals surface area contributed by atoms with Crippen molar-refractivity contribution in [3.8, 4) is 0 Å². The van der Waals surface area contributed by atoms with Crippen molar-refractivity contribution in [3.63, 3.8) is 0 Å². The Labute approximate surface area is 121 Å². The lowest BCUT2D eigenvalue weighted by atomic mass is 9.69. The van der Waals surface area contributed by atoms with Gasteiger partial charge in [0.15, 0.2) is 0 Å². The van der Waals surface area contributed by atoms with Gasteiger partial charge in [0.05, 0.1) is 6.61 Å². The summed E-state index contributed by atoms with van der Waals surface area (Å²) < 4.78 is 5.36. The molecule has 0 aliphatic heterocycles. The van der Waals surface area contributed by atoms with Gasteiger partial charge in [0.25, 0.3) is 0 Å². The predicted octanol–water partition coefficient (Wildman–Crippen LogP) is 3.86. The Kier molecular flexibility index (Phi) is 4.69. The van der Waals surface area contributed by atoms with E-state index in [1.807, 2.05) is 37.3 Å². The maximum absolute atomic E-state index is 12.6. The van der Waals surface area contributed by atoms with Crippen molar-refractivity contribution in [3.05, 3.63) is 30.3 Å². The molecule has 1 saturated carbocycles. The molecule has 3 heteroatoms. The van der Waals surface area contributed by atoms with Gasteiger partial charge in [0.1, 0.15) is 5.54 Å². The molecule has 3 atom stereocenters. The van der Waals surface area contributed by atoms with Crippen LogP contribution in [0.1, 0.15) is 40.0 Å². The molecule has 1 aromatic carbocycles. The molecule has 1 aliphatic carbocycles. The largest absolute Gasteiger partial charge is 0.464 e. The quantitative estimate of drug-likeness (QED) is 0.848. The number of rotatable bonds is 4. The number of carbonyl (C=O) groups excluding carboxylic acids is 1. The molecule has 0 bridgehead atoms. The molecule has 3 unspecified atom stereocenters. The highest BCUT2D eigenvalue weighted by molar-refractivity contribution is 5.85. The maximum atomic E-state index is 12.6. The van der Waals surface area contributed by atoms with Crippen molar-refractivity contribution >= 4 is 11.7 Å². The van der Waals surface area contributed by atoms with E-state index in [-0.39, 0.29) is 11.9 Å². The molecule has 2 rings (SSSR count). The summed E-state index contributed by atoms with van der Waals surface area (Å²) in [5, 5.41) is 3.47. The van der Waals surface area contributed by atoms with Gasteiger partial charge in [0, 0.05) is 5.69 Å². The molecule has 0 heterocycles. The molecule has 1 aliphatic rings. The highest BCUT2D eigenvalue weighted by Gasteiger charge is 2.47. The van der Waals surface area contributed by atoms with Crippen LogP contribution in [0.5, 0.6) is 0 Å². The highest BCUT2D eigenvalue weighted by Crippen LogP contribution is 2.40. The Morgan fingerprint density at radius 3 is 2.65 bits per heavy atom.